The van der Waals surface area contributed by atoms with E-state index in [9.17, 15) is 4.79 Å². The van der Waals surface area contributed by atoms with E-state index in [1.54, 1.807) is 25.3 Å². The summed E-state index contributed by atoms with van der Waals surface area (Å²) in [5.74, 6) is 1.03. The van der Waals surface area contributed by atoms with Crippen molar-refractivity contribution in [1.82, 2.24) is 5.32 Å². The first-order valence-corrected chi connectivity index (χ1v) is 8.23. The summed E-state index contributed by atoms with van der Waals surface area (Å²) in [6, 6.07) is 10.8. The smallest absolute Gasteiger partial charge is 0.257 e. The zero-order valence-corrected chi connectivity index (χ0v) is 15.1. The number of ether oxygens (including phenoxy) is 2. The highest BCUT2D eigenvalue weighted by atomic mass is 35.5. The van der Waals surface area contributed by atoms with Crippen molar-refractivity contribution < 1.29 is 14.3 Å². The number of nitrogens with one attached hydrogen (secondary N) is 1. The number of hydrogen-bond acceptors (Lipinski definition) is 3. The summed E-state index contributed by atoms with van der Waals surface area (Å²) in [5, 5.41) is 3.71. The van der Waals surface area contributed by atoms with Gasteiger partial charge in [0.2, 0.25) is 0 Å². The third-order valence-electron chi connectivity index (χ3n) is 3.41. The van der Waals surface area contributed by atoms with E-state index in [4.69, 9.17) is 32.7 Å². The molecule has 1 N–H and O–H groups in total. The third kappa shape index (κ3) is 5.32. The van der Waals surface area contributed by atoms with Crippen molar-refractivity contribution >= 4 is 29.1 Å². The van der Waals surface area contributed by atoms with Gasteiger partial charge in [0.1, 0.15) is 11.5 Å². The molecular weight excluding hydrogens is 349 g/mol. The van der Waals surface area contributed by atoms with Gasteiger partial charge in [0.05, 0.1) is 12.1 Å². The van der Waals surface area contributed by atoms with E-state index >= 15 is 0 Å². The van der Waals surface area contributed by atoms with Crippen LogP contribution in [0.4, 0.5) is 0 Å². The zero-order valence-electron chi connectivity index (χ0n) is 13.6. The monoisotopic (exact) mass is 367 g/mol. The van der Waals surface area contributed by atoms with Crippen LogP contribution in [-0.2, 0) is 11.2 Å². The van der Waals surface area contributed by atoms with Gasteiger partial charge in [-0.15, -0.1) is 0 Å². The fourth-order valence-corrected chi connectivity index (χ4v) is 2.69. The minimum absolute atomic E-state index is 0.105. The van der Waals surface area contributed by atoms with Crippen molar-refractivity contribution in [1.29, 1.82) is 0 Å². The molecule has 1 amide bonds. The fraction of sp³-hybridized carbons (Fsp3) is 0.278. The molecule has 0 spiro atoms. The summed E-state index contributed by atoms with van der Waals surface area (Å²) in [6.07, 6.45) is 0.679. The van der Waals surface area contributed by atoms with Gasteiger partial charge < -0.3 is 14.8 Å². The highest BCUT2D eigenvalue weighted by Crippen LogP contribution is 2.27. The molecule has 0 aliphatic heterocycles. The molecule has 0 radical (unpaired) electrons. The Morgan fingerprint density at radius 2 is 1.88 bits per heavy atom. The van der Waals surface area contributed by atoms with Gasteiger partial charge in [-0.25, -0.2) is 0 Å². The van der Waals surface area contributed by atoms with Crippen LogP contribution in [0.25, 0.3) is 0 Å². The molecule has 0 saturated heterocycles. The van der Waals surface area contributed by atoms with Gasteiger partial charge in [-0.2, -0.15) is 0 Å². The predicted molar refractivity (Wildman–Crippen MR) is 96.4 cm³/mol. The van der Waals surface area contributed by atoms with E-state index in [-0.39, 0.29) is 12.5 Å². The quantitative estimate of drug-likeness (QED) is 0.802. The van der Waals surface area contributed by atoms with E-state index in [0.717, 1.165) is 16.9 Å². The fourth-order valence-electron chi connectivity index (χ4n) is 2.23. The molecule has 0 aliphatic rings. The molecule has 0 bridgehead atoms. The Morgan fingerprint density at radius 1 is 1.12 bits per heavy atom. The molecule has 6 heteroatoms. The van der Waals surface area contributed by atoms with Crippen LogP contribution in [0.1, 0.15) is 11.1 Å². The number of amides is 1. The SMILES string of the molecule is COc1ccc(C)cc1CCNC(=O)COc1ccc(Cl)cc1Cl. The summed E-state index contributed by atoms with van der Waals surface area (Å²) in [7, 11) is 1.64. The van der Waals surface area contributed by atoms with Crippen molar-refractivity contribution in [3.63, 3.8) is 0 Å². The molecule has 4 nitrogen and oxygen atoms in total. The molecule has 2 aromatic rings. The Balaban J connectivity index is 1.80. The molecule has 2 aromatic carbocycles. The van der Waals surface area contributed by atoms with Gasteiger partial charge in [0, 0.05) is 11.6 Å². The topological polar surface area (TPSA) is 47.6 Å². The van der Waals surface area contributed by atoms with E-state index in [0.29, 0.717) is 28.8 Å². The Hall–Kier alpha value is -1.91. The van der Waals surface area contributed by atoms with Crippen LogP contribution in [0.15, 0.2) is 36.4 Å². The van der Waals surface area contributed by atoms with Crippen molar-refractivity contribution in [2.24, 2.45) is 0 Å². The minimum atomic E-state index is -0.215. The molecule has 0 aliphatic carbocycles. The Kier molecular flexibility index (Phi) is 6.76. The molecule has 0 unspecified atom stereocenters. The Labute approximate surface area is 151 Å². The largest absolute Gasteiger partial charge is 0.496 e. The van der Waals surface area contributed by atoms with E-state index in [2.05, 4.69) is 11.4 Å². The lowest BCUT2D eigenvalue weighted by molar-refractivity contribution is -0.123. The lowest BCUT2D eigenvalue weighted by Crippen LogP contribution is -2.30. The van der Waals surface area contributed by atoms with E-state index in [1.807, 2.05) is 19.1 Å². The van der Waals surface area contributed by atoms with Crippen molar-refractivity contribution in [2.75, 3.05) is 20.3 Å². The van der Waals surface area contributed by atoms with Crippen molar-refractivity contribution in [3.05, 3.63) is 57.6 Å². The molecule has 0 aromatic heterocycles. The van der Waals surface area contributed by atoms with E-state index < -0.39 is 0 Å². The van der Waals surface area contributed by atoms with Gasteiger partial charge >= 0.3 is 0 Å². The van der Waals surface area contributed by atoms with Gasteiger partial charge in [0.25, 0.3) is 5.91 Å². The second-order valence-corrected chi connectivity index (χ2v) is 6.12. The van der Waals surface area contributed by atoms with E-state index in [1.165, 1.54) is 0 Å². The molecule has 2 rings (SSSR count). The molecule has 0 atom stereocenters. The highest BCUT2D eigenvalue weighted by Gasteiger charge is 2.08. The van der Waals surface area contributed by atoms with Crippen LogP contribution >= 0.6 is 23.2 Å². The number of halogens is 2. The number of carbonyl (C=O) groups excluding carboxylic acids is 1. The first-order chi connectivity index (χ1) is 11.5. The normalized spacial score (nSPS) is 10.3. The van der Waals surface area contributed by atoms with Gasteiger partial charge in [0.15, 0.2) is 6.61 Å². The summed E-state index contributed by atoms with van der Waals surface area (Å²) < 4.78 is 10.7. The molecule has 0 saturated carbocycles. The maximum atomic E-state index is 11.9. The standard InChI is InChI=1S/C18H19Cl2NO3/c1-12-3-5-16(23-2)13(9-12)7-8-21-18(22)11-24-17-6-4-14(19)10-15(17)20/h3-6,9-10H,7-8,11H2,1-2H3,(H,21,22). The maximum Gasteiger partial charge on any atom is 0.257 e. The van der Waals surface area contributed by atoms with Crippen LogP contribution in [0.3, 0.4) is 0 Å². The Morgan fingerprint density at radius 3 is 2.58 bits per heavy atom. The van der Waals surface area contributed by atoms with Crippen molar-refractivity contribution in [2.45, 2.75) is 13.3 Å². The molecule has 128 valence electrons. The predicted octanol–water partition coefficient (Wildman–Crippen LogP) is 4.05. The molecule has 24 heavy (non-hydrogen) atoms. The lowest BCUT2D eigenvalue weighted by atomic mass is 10.1. The number of hydrogen-bond donors (Lipinski definition) is 1. The van der Waals surface area contributed by atoms with Crippen molar-refractivity contribution in [3.8, 4) is 11.5 Å². The number of carbonyl (C=O) groups is 1. The zero-order chi connectivity index (χ0) is 17.5. The second-order valence-electron chi connectivity index (χ2n) is 5.28. The molecule has 0 heterocycles. The Bertz CT molecular complexity index is 719. The van der Waals surface area contributed by atoms with Crippen LogP contribution < -0.4 is 14.8 Å². The average molecular weight is 368 g/mol. The molecule has 0 fully saturated rings. The number of benzene rings is 2. The summed E-state index contributed by atoms with van der Waals surface area (Å²) in [4.78, 5) is 11.9. The minimum Gasteiger partial charge on any atom is -0.496 e. The summed E-state index contributed by atoms with van der Waals surface area (Å²) >= 11 is 11.8. The third-order valence-corrected chi connectivity index (χ3v) is 3.94. The average Bonchev–Trinajstić information content (AvgIpc) is 2.54. The number of aryl methyl sites for hydroxylation is 1. The first-order valence-electron chi connectivity index (χ1n) is 7.47. The second kappa shape index (κ2) is 8.81. The van der Waals surface area contributed by atoms with Crippen LogP contribution in [0, 0.1) is 6.92 Å². The van der Waals surface area contributed by atoms with Crippen LogP contribution in [-0.4, -0.2) is 26.2 Å². The van der Waals surface area contributed by atoms with Crippen LogP contribution in [0.2, 0.25) is 10.0 Å². The summed E-state index contributed by atoms with van der Waals surface area (Å²) in [5.41, 5.74) is 2.21. The summed E-state index contributed by atoms with van der Waals surface area (Å²) in [6.45, 7) is 2.41. The lowest BCUT2D eigenvalue weighted by Gasteiger charge is -2.11. The number of rotatable bonds is 7. The maximum absolute atomic E-state index is 11.9. The number of methoxy groups -OCH3 is 1. The first kappa shape index (κ1) is 18.4. The van der Waals surface area contributed by atoms with Gasteiger partial charge in [-0.3, -0.25) is 4.79 Å². The van der Waals surface area contributed by atoms with Crippen LogP contribution in [0.5, 0.6) is 11.5 Å². The van der Waals surface area contributed by atoms with Gasteiger partial charge in [-0.05, 0) is 43.2 Å². The highest BCUT2D eigenvalue weighted by molar-refractivity contribution is 6.35. The molecular formula is C18H19Cl2NO3. The van der Waals surface area contributed by atoms with Gasteiger partial charge in [-0.1, -0.05) is 40.9 Å².